The standard InChI is InChI=1S/C17H14BrClN2O2/c1-11-6-7-12(14(18)10-11)8-9-16(22)20-21-17(23)13-4-2-3-5-15(13)19/h2-10H,1H3,(H,20,22)(H,21,23)/b9-8+. The number of carbonyl (C=O) groups excluding carboxylic acids is 2. The van der Waals surface area contributed by atoms with Crippen LogP contribution in [0.4, 0.5) is 0 Å². The fourth-order valence-corrected chi connectivity index (χ4v) is 2.65. The highest BCUT2D eigenvalue weighted by atomic mass is 79.9. The molecule has 0 bridgehead atoms. The zero-order valence-corrected chi connectivity index (χ0v) is 14.6. The fraction of sp³-hybridized carbons (Fsp3) is 0.0588. The Hall–Kier alpha value is -2.11. The summed E-state index contributed by atoms with van der Waals surface area (Å²) in [5, 5.41) is 0.318. The van der Waals surface area contributed by atoms with Gasteiger partial charge in [0.25, 0.3) is 11.8 Å². The highest BCUT2D eigenvalue weighted by Gasteiger charge is 2.09. The van der Waals surface area contributed by atoms with Gasteiger partial charge in [0, 0.05) is 10.5 Å². The van der Waals surface area contributed by atoms with Gasteiger partial charge in [-0.25, -0.2) is 0 Å². The van der Waals surface area contributed by atoms with Gasteiger partial charge in [0.05, 0.1) is 10.6 Å². The number of halogens is 2. The minimum atomic E-state index is -0.478. The molecule has 0 aliphatic heterocycles. The molecule has 0 aromatic heterocycles. The molecule has 0 radical (unpaired) electrons. The zero-order valence-electron chi connectivity index (χ0n) is 12.3. The van der Waals surface area contributed by atoms with E-state index in [1.165, 1.54) is 6.08 Å². The predicted octanol–water partition coefficient (Wildman–Crippen LogP) is 3.89. The third-order valence-corrected chi connectivity index (χ3v) is 4.00. The molecule has 2 aromatic carbocycles. The van der Waals surface area contributed by atoms with Gasteiger partial charge in [0.2, 0.25) is 0 Å². The van der Waals surface area contributed by atoms with Crippen molar-refractivity contribution >= 4 is 45.4 Å². The molecule has 2 amide bonds. The number of aryl methyl sites for hydroxylation is 1. The van der Waals surface area contributed by atoms with Crippen LogP contribution in [0, 0.1) is 6.92 Å². The monoisotopic (exact) mass is 392 g/mol. The Kier molecular flexibility index (Phi) is 5.96. The smallest absolute Gasteiger partial charge is 0.268 e. The van der Waals surface area contributed by atoms with Gasteiger partial charge in [-0.15, -0.1) is 0 Å². The van der Waals surface area contributed by atoms with Crippen molar-refractivity contribution in [2.24, 2.45) is 0 Å². The van der Waals surface area contributed by atoms with Crippen molar-refractivity contribution in [3.05, 3.63) is 74.7 Å². The summed E-state index contributed by atoms with van der Waals surface area (Å²) >= 11 is 9.34. The molecule has 0 aliphatic carbocycles. The molecule has 0 atom stereocenters. The van der Waals surface area contributed by atoms with E-state index in [0.29, 0.717) is 10.6 Å². The molecular formula is C17H14BrClN2O2. The Balaban J connectivity index is 1.94. The lowest BCUT2D eigenvalue weighted by molar-refractivity contribution is -0.117. The quantitative estimate of drug-likeness (QED) is 0.614. The minimum Gasteiger partial charge on any atom is -0.268 e. The Morgan fingerprint density at radius 1 is 1.13 bits per heavy atom. The molecule has 0 saturated carbocycles. The lowest BCUT2D eigenvalue weighted by Gasteiger charge is -2.06. The normalized spacial score (nSPS) is 10.6. The van der Waals surface area contributed by atoms with E-state index in [1.807, 2.05) is 25.1 Å². The summed E-state index contributed by atoms with van der Waals surface area (Å²) in [4.78, 5) is 23.6. The van der Waals surface area contributed by atoms with Gasteiger partial charge in [0.15, 0.2) is 0 Å². The number of hydrazine groups is 1. The maximum Gasteiger partial charge on any atom is 0.271 e. The largest absolute Gasteiger partial charge is 0.271 e. The van der Waals surface area contributed by atoms with Gasteiger partial charge < -0.3 is 0 Å². The molecule has 4 nitrogen and oxygen atoms in total. The second-order valence-corrected chi connectivity index (χ2v) is 6.04. The van der Waals surface area contributed by atoms with Crippen molar-refractivity contribution in [3.8, 4) is 0 Å². The van der Waals surface area contributed by atoms with E-state index in [-0.39, 0.29) is 0 Å². The summed E-state index contributed by atoms with van der Waals surface area (Å²) in [6, 6.07) is 12.4. The molecule has 118 valence electrons. The summed E-state index contributed by atoms with van der Waals surface area (Å²) in [5.41, 5.74) is 6.90. The summed E-state index contributed by atoms with van der Waals surface area (Å²) in [6.07, 6.45) is 2.99. The van der Waals surface area contributed by atoms with Gasteiger partial charge in [-0.05, 0) is 42.3 Å². The number of amides is 2. The molecule has 0 aliphatic rings. The van der Waals surface area contributed by atoms with Crippen molar-refractivity contribution in [3.63, 3.8) is 0 Å². The molecule has 2 N–H and O–H groups in total. The first-order valence-corrected chi connectivity index (χ1v) is 7.93. The molecule has 0 saturated heterocycles. The predicted molar refractivity (Wildman–Crippen MR) is 95.0 cm³/mol. The zero-order chi connectivity index (χ0) is 16.8. The van der Waals surface area contributed by atoms with Gasteiger partial charge >= 0.3 is 0 Å². The second kappa shape index (κ2) is 7.94. The Bertz CT molecular complexity index is 775. The number of hydrogen-bond acceptors (Lipinski definition) is 2. The minimum absolute atomic E-state index is 0.291. The maximum atomic E-state index is 11.9. The second-order valence-electron chi connectivity index (χ2n) is 4.78. The Morgan fingerprint density at radius 2 is 1.87 bits per heavy atom. The van der Waals surface area contributed by atoms with Gasteiger partial charge in [-0.1, -0.05) is 51.8 Å². The topological polar surface area (TPSA) is 58.2 Å². The fourth-order valence-electron chi connectivity index (χ4n) is 1.81. The van der Waals surface area contributed by atoms with Crippen LogP contribution in [0.2, 0.25) is 5.02 Å². The SMILES string of the molecule is Cc1ccc(/C=C/C(=O)NNC(=O)c2ccccc2Cl)c(Br)c1. The van der Waals surface area contributed by atoms with Crippen LogP contribution in [0.5, 0.6) is 0 Å². The molecule has 0 fully saturated rings. The first-order valence-electron chi connectivity index (χ1n) is 6.76. The van der Waals surface area contributed by atoms with Gasteiger partial charge in [-0.2, -0.15) is 0 Å². The Labute approximate surface area is 147 Å². The number of carbonyl (C=O) groups is 2. The first-order chi connectivity index (χ1) is 11.0. The Morgan fingerprint density at radius 3 is 2.57 bits per heavy atom. The number of rotatable bonds is 3. The van der Waals surface area contributed by atoms with E-state index in [9.17, 15) is 9.59 Å². The van der Waals surface area contributed by atoms with E-state index in [2.05, 4.69) is 26.8 Å². The summed E-state index contributed by atoms with van der Waals surface area (Å²) in [7, 11) is 0. The van der Waals surface area contributed by atoms with E-state index in [4.69, 9.17) is 11.6 Å². The molecule has 0 spiro atoms. The average Bonchev–Trinajstić information content (AvgIpc) is 2.52. The molecular weight excluding hydrogens is 380 g/mol. The third-order valence-electron chi connectivity index (χ3n) is 2.99. The van der Waals surface area contributed by atoms with Crippen LogP contribution < -0.4 is 10.9 Å². The van der Waals surface area contributed by atoms with Crippen LogP contribution in [-0.4, -0.2) is 11.8 Å². The molecule has 6 heteroatoms. The molecule has 23 heavy (non-hydrogen) atoms. The van der Waals surface area contributed by atoms with Crippen molar-refractivity contribution in [1.82, 2.24) is 10.9 Å². The lowest BCUT2D eigenvalue weighted by Crippen LogP contribution is -2.40. The highest BCUT2D eigenvalue weighted by molar-refractivity contribution is 9.10. The number of hydrogen-bond donors (Lipinski definition) is 2. The van der Waals surface area contributed by atoms with Crippen molar-refractivity contribution in [2.75, 3.05) is 0 Å². The summed E-state index contributed by atoms with van der Waals surface area (Å²) < 4.78 is 0.890. The van der Waals surface area contributed by atoms with Gasteiger partial charge in [0.1, 0.15) is 0 Å². The summed E-state index contributed by atoms with van der Waals surface area (Å²) in [5.74, 6) is -0.924. The molecule has 0 unspecified atom stereocenters. The number of nitrogens with one attached hydrogen (secondary N) is 2. The van der Waals surface area contributed by atoms with Crippen molar-refractivity contribution < 1.29 is 9.59 Å². The van der Waals surface area contributed by atoms with E-state index < -0.39 is 11.8 Å². The summed E-state index contributed by atoms with van der Waals surface area (Å²) in [6.45, 7) is 1.98. The molecule has 2 rings (SSSR count). The van der Waals surface area contributed by atoms with Crippen LogP contribution in [0.15, 0.2) is 53.0 Å². The van der Waals surface area contributed by atoms with E-state index in [1.54, 1.807) is 30.3 Å². The highest BCUT2D eigenvalue weighted by Crippen LogP contribution is 2.19. The van der Waals surface area contributed by atoms with Crippen LogP contribution >= 0.6 is 27.5 Å². The third kappa shape index (κ3) is 4.94. The van der Waals surface area contributed by atoms with Crippen molar-refractivity contribution in [1.29, 1.82) is 0 Å². The van der Waals surface area contributed by atoms with Crippen LogP contribution in [0.3, 0.4) is 0 Å². The first kappa shape index (κ1) is 17.2. The van der Waals surface area contributed by atoms with Gasteiger partial charge in [-0.3, -0.25) is 20.4 Å². The maximum absolute atomic E-state index is 11.9. The number of benzene rings is 2. The van der Waals surface area contributed by atoms with E-state index in [0.717, 1.165) is 15.6 Å². The average molecular weight is 394 g/mol. The van der Waals surface area contributed by atoms with Crippen LogP contribution in [0.25, 0.3) is 6.08 Å². The van der Waals surface area contributed by atoms with Crippen LogP contribution in [0.1, 0.15) is 21.5 Å². The van der Waals surface area contributed by atoms with Crippen LogP contribution in [-0.2, 0) is 4.79 Å². The lowest BCUT2D eigenvalue weighted by atomic mass is 10.1. The van der Waals surface area contributed by atoms with E-state index >= 15 is 0 Å². The molecule has 2 aromatic rings. The van der Waals surface area contributed by atoms with Crippen molar-refractivity contribution in [2.45, 2.75) is 6.92 Å². The molecule has 0 heterocycles.